The Morgan fingerprint density at radius 3 is 2.62 bits per heavy atom. The maximum absolute atomic E-state index is 4.46. The molecular weight excluding hydrogens is 260 g/mol. The molecule has 1 aliphatic heterocycles. The second kappa shape index (κ2) is 5.03. The molecule has 2 saturated carbocycles. The first-order valence-corrected chi connectivity index (χ1v) is 8.46. The quantitative estimate of drug-likeness (QED) is 0.926. The van der Waals surface area contributed by atoms with E-state index >= 15 is 0 Å². The van der Waals surface area contributed by atoms with Crippen LogP contribution in [0.5, 0.6) is 0 Å². The molecule has 1 spiro atoms. The molecule has 2 aliphatic carbocycles. The summed E-state index contributed by atoms with van der Waals surface area (Å²) in [5, 5.41) is 3.92. The number of piperazine rings is 1. The van der Waals surface area contributed by atoms with Gasteiger partial charge in [-0.3, -0.25) is 4.90 Å². The Bertz CT molecular complexity index is 493. The van der Waals surface area contributed by atoms with Crippen LogP contribution >= 0.6 is 0 Å². The Kier molecular flexibility index (Phi) is 3.27. The van der Waals surface area contributed by atoms with E-state index in [1.807, 2.05) is 18.5 Å². The van der Waals surface area contributed by atoms with E-state index in [0.717, 1.165) is 31.4 Å². The highest BCUT2D eigenvalue weighted by Crippen LogP contribution is 2.46. The molecule has 4 rings (SSSR count). The van der Waals surface area contributed by atoms with Gasteiger partial charge < -0.3 is 5.32 Å². The van der Waals surface area contributed by atoms with Crippen molar-refractivity contribution >= 4 is 0 Å². The SMILES string of the molecule is CC1(C2CC2)CN(Cc2ncccn2)C2(CCCC2)CN1. The van der Waals surface area contributed by atoms with Gasteiger partial charge in [0.1, 0.15) is 5.82 Å². The predicted molar refractivity (Wildman–Crippen MR) is 82.8 cm³/mol. The molecule has 1 N–H and O–H groups in total. The van der Waals surface area contributed by atoms with Crippen LogP contribution in [0.2, 0.25) is 0 Å². The molecule has 0 amide bonds. The van der Waals surface area contributed by atoms with Crippen molar-refractivity contribution in [1.82, 2.24) is 20.2 Å². The minimum absolute atomic E-state index is 0.294. The highest BCUT2D eigenvalue weighted by atomic mass is 15.3. The molecule has 1 saturated heterocycles. The van der Waals surface area contributed by atoms with Crippen molar-refractivity contribution in [1.29, 1.82) is 0 Å². The molecule has 4 nitrogen and oxygen atoms in total. The molecule has 1 atom stereocenters. The van der Waals surface area contributed by atoms with Gasteiger partial charge in [0.2, 0.25) is 0 Å². The Labute approximate surface area is 127 Å². The number of hydrogen-bond donors (Lipinski definition) is 1. The average Bonchev–Trinajstić information content (AvgIpc) is 3.26. The van der Waals surface area contributed by atoms with E-state index in [9.17, 15) is 0 Å². The topological polar surface area (TPSA) is 41.1 Å². The van der Waals surface area contributed by atoms with Crippen LogP contribution in [0.4, 0.5) is 0 Å². The standard InChI is InChI=1S/C17H26N4/c1-16(14-5-6-14)13-21(11-15-18-9-4-10-19-15)17(12-20-16)7-2-3-8-17/h4,9-10,14,20H,2-3,5-8,11-13H2,1H3. The van der Waals surface area contributed by atoms with Gasteiger partial charge in [0.25, 0.3) is 0 Å². The molecule has 0 aromatic carbocycles. The van der Waals surface area contributed by atoms with Crippen LogP contribution in [0, 0.1) is 5.92 Å². The highest BCUT2D eigenvalue weighted by Gasteiger charge is 2.51. The van der Waals surface area contributed by atoms with Crippen molar-refractivity contribution in [3.63, 3.8) is 0 Å². The van der Waals surface area contributed by atoms with Gasteiger partial charge in [-0.1, -0.05) is 12.8 Å². The third-order valence-electron chi connectivity index (χ3n) is 5.98. The molecule has 1 aromatic heterocycles. The fourth-order valence-corrected chi connectivity index (χ4v) is 4.42. The number of hydrogen-bond acceptors (Lipinski definition) is 4. The van der Waals surface area contributed by atoms with Gasteiger partial charge in [-0.15, -0.1) is 0 Å². The largest absolute Gasteiger partial charge is 0.308 e. The lowest BCUT2D eigenvalue weighted by molar-refractivity contribution is -0.00242. The molecule has 3 aliphatic rings. The first-order valence-electron chi connectivity index (χ1n) is 8.46. The fourth-order valence-electron chi connectivity index (χ4n) is 4.42. The lowest BCUT2D eigenvalue weighted by Crippen LogP contribution is -2.68. The van der Waals surface area contributed by atoms with Gasteiger partial charge in [-0.2, -0.15) is 0 Å². The molecule has 0 radical (unpaired) electrons. The summed E-state index contributed by atoms with van der Waals surface area (Å²) in [6.07, 6.45) is 11.9. The Morgan fingerprint density at radius 1 is 1.24 bits per heavy atom. The van der Waals surface area contributed by atoms with E-state index in [-0.39, 0.29) is 0 Å². The van der Waals surface area contributed by atoms with E-state index in [0.29, 0.717) is 11.1 Å². The van der Waals surface area contributed by atoms with Crippen LogP contribution in [0.15, 0.2) is 18.5 Å². The predicted octanol–water partition coefficient (Wildman–Crippen LogP) is 2.36. The van der Waals surface area contributed by atoms with Gasteiger partial charge in [-0.25, -0.2) is 9.97 Å². The minimum Gasteiger partial charge on any atom is -0.308 e. The van der Waals surface area contributed by atoms with Crippen LogP contribution in [0.3, 0.4) is 0 Å². The van der Waals surface area contributed by atoms with E-state index in [2.05, 4.69) is 27.1 Å². The Hall–Kier alpha value is -1.00. The van der Waals surface area contributed by atoms with Crippen molar-refractivity contribution in [2.75, 3.05) is 13.1 Å². The number of nitrogens with zero attached hydrogens (tertiary/aromatic N) is 3. The first-order chi connectivity index (χ1) is 10.2. The molecule has 1 aromatic rings. The van der Waals surface area contributed by atoms with Crippen molar-refractivity contribution < 1.29 is 0 Å². The third-order valence-corrected chi connectivity index (χ3v) is 5.98. The lowest BCUT2D eigenvalue weighted by atomic mass is 9.83. The summed E-state index contributed by atoms with van der Waals surface area (Å²) in [6.45, 7) is 5.62. The van der Waals surface area contributed by atoms with Crippen LogP contribution in [0.25, 0.3) is 0 Å². The molecule has 1 unspecified atom stereocenters. The number of aromatic nitrogens is 2. The van der Waals surface area contributed by atoms with Gasteiger partial charge in [0, 0.05) is 36.6 Å². The fraction of sp³-hybridized carbons (Fsp3) is 0.765. The molecule has 114 valence electrons. The van der Waals surface area contributed by atoms with Gasteiger partial charge in [0.15, 0.2) is 0 Å². The van der Waals surface area contributed by atoms with Crippen LogP contribution in [-0.4, -0.2) is 39.0 Å². The molecular formula is C17H26N4. The summed E-state index contributed by atoms with van der Waals surface area (Å²) in [4.78, 5) is 11.6. The van der Waals surface area contributed by atoms with Crippen molar-refractivity contribution in [3.05, 3.63) is 24.3 Å². The summed E-state index contributed by atoms with van der Waals surface area (Å²) in [7, 11) is 0. The minimum atomic E-state index is 0.294. The molecule has 3 fully saturated rings. The van der Waals surface area contributed by atoms with E-state index in [1.165, 1.54) is 38.5 Å². The summed E-state index contributed by atoms with van der Waals surface area (Å²) in [5.74, 6) is 1.85. The summed E-state index contributed by atoms with van der Waals surface area (Å²) >= 11 is 0. The third kappa shape index (κ3) is 2.49. The Morgan fingerprint density at radius 2 is 1.95 bits per heavy atom. The van der Waals surface area contributed by atoms with Crippen molar-refractivity contribution in [2.24, 2.45) is 5.92 Å². The van der Waals surface area contributed by atoms with Crippen LogP contribution in [-0.2, 0) is 6.54 Å². The highest BCUT2D eigenvalue weighted by molar-refractivity contribution is 5.11. The molecule has 0 bridgehead atoms. The van der Waals surface area contributed by atoms with Crippen LogP contribution < -0.4 is 5.32 Å². The monoisotopic (exact) mass is 286 g/mol. The lowest BCUT2D eigenvalue weighted by Gasteiger charge is -2.52. The smallest absolute Gasteiger partial charge is 0.142 e. The van der Waals surface area contributed by atoms with E-state index in [1.54, 1.807) is 0 Å². The zero-order valence-electron chi connectivity index (χ0n) is 13.0. The zero-order valence-corrected chi connectivity index (χ0v) is 13.0. The molecule has 4 heteroatoms. The van der Waals surface area contributed by atoms with Gasteiger partial charge >= 0.3 is 0 Å². The van der Waals surface area contributed by atoms with Crippen LogP contribution in [0.1, 0.15) is 51.3 Å². The first kappa shape index (κ1) is 13.6. The summed E-state index contributed by atoms with van der Waals surface area (Å²) in [6, 6.07) is 1.90. The van der Waals surface area contributed by atoms with Gasteiger partial charge in [-0.05, 0) is 44.6 Å². The summed E-state index contributed by atoms with van der Waals surface area (Å²) < 4.78 is 0. The van der Waals surface area contributed by atoms with Gasteiger partial charge in [0.05, 0.1) is 6.54 Å². The maximum atomic E-state index is 4.46. The average molecular weight is 286 g/mol. The van der Waals surface area contributed by atoms with E-state index in [4.69, 9.17) is 0 Å². The Balaban J connectivity index is 1.58. The normalized spacial score (nSPS) is 32.6. The second-order valence-electron chi connectivity index (χ2n) is 7.50. The molecule has 21 heavy (non-hydrogen) atoms. The zero-order chi connectivity index (χ0) is 14.3. The second-order valence-corrected chi connectivity index (χ2v) is 7.50. The number of nitrogens with one attached hydrogen (secondary N) is 1. The number of rotatable bonds is 3. The summed E-state index contributed by atoms with van der Waals surface area (Å²) in [5.41, 5.74) is 0.649. The maximum Gasteiger partial charge on any atom is 0.142 e. The van der Waals surface area contributed by atoms with Crippen molar-refractivity contribution in [3.8, 4) is 0 Å². The van der Waals surface area contributed by atoms with E-state index < -0.39 is 0 Å². The van der Waals surface area contributed by atoms with Crippen molar-refractivity contribution in [2.45, 2.75) is 63.1 Å². The molecule has 2 heterocycles.